The van der Waals surface area contributed by atoms with E-state index in [1.54, 1.807) is 6.07 Å². The number of carbonyl (C=O) groups excluding carboxylic acids is 1. The summed E-state index contributed by atoms with van der Waals surface area (Å²) in [6.45, 7) is 5.63. The summed E-state index contributed by atoms with van der Waals surface area (Å²) in [4.78, 5) is 12.8. The van der Waals surface area contributed by atoms with E-state index in [4.69, 9.17) is 4.42 Å². The van der Waals surface area contributed by atoms with Crippen molar-refractivity contribution in [1.82, 2.24) is 5.32 Å². The van der Waals surface area contributed by atoms with Crippen molar-refractivity contribution >= 4 is 17.2 Å². The molecule has 4 nitrogen and oxygen atoms in total. The van der Waals surface area contributed by atoms with E-state index in [0.717, 1.165) is 4.88 Å². The third kappa shape index (κ3) is 2.94. The zero-order valence-electron chi connectivity index (χ0n) is 11.8. The maximum atomic E-state index is 12.0. The molecule has 108 valence electrons. The second-order valence-electron chi connectivity index (χ2n) is 5.78. The molecule has 20 heavy (non-hydrogen) atoms. The van der Waals surface area contributed by atoms with Crippen LogP contribution >= 0.6 is 11.3 Å². The molecule has 0 aromatic carbocycles. The lowest BCUT2D eigenvalue weighted by molar-refractivity contribution is -0.129. The Balaban J connectivity index is 2.24. The minimum absolute atomic E-state index is 0.101. The molecule has 0 spiro atoms. The van der Waals surface area contributed by atoms with Gasteiger partial charge in [0.25, 0.3) is 0 Å². The van der Waals surface area contributed by atoms with Gasteiger partial charge in [0, 0.05) is 15.9 Å². The zero-order valence-corrected chi connectivity index (χ0v) is 12.7. The SMILES string of the molecule is CC(C)(C)C(=O)NC[C@](O)(c1ccoc1)c1cccs1. The summed E-state index contributed by atoms with van der Waals surface area (Å²) in [7, 11) is 0. The predicted octanol–water partition coefficient (Wildman–Crippen LogP) is 2.74. The summed E-state index contributed by atoms with van der Waals surface area (Å²) in [5.74, 6) is -0.101. The van der Waals surface area contributed by atoms with Crippen LogP contribution in [0.2, 0.25) is 0 Å². The van der Waals surface area contributed by atoms with E-state index in [0.29, 0.717) is 5.56 Å². The number of furan rings is 1. The van der Waals surface area contributed by atoms with Crippen molar-refractivity contribution in [3.63, 3.8) is 0 Å². The lowest BCUT2D eigenvalue weighted by Gasteiger charge is -2.28. The molecule has 0 aliphatic carbocycles. The van der Waals surface area contributed by atoms with Gasteiger partial charge < -0.3 is 14.8 Å². The first kappa shape index (κ1) is 14.8. The lowest BCUT2D eigenvalue weighted by atomic mass is 9.92. The first-order valence-corrected chi connectivity index (χ1v) is 7.29. The van der Waals surface area contributed by atoms with Gasteiger partial charge in [-0.3, -0.25) is 4.79 Å². The fourth-order valence-electron chi connectivity index (χ4n) is 1.82. The van der Waals surface area contributed by atoms with Crippen LogP contribution in [0.15, 0.2) is 40.5 Å². The number of amides is 1. The Morgan fingerprint density at radius 1 is 1.40 bits per heavy atom. The van der Waals surface area contributed by atoms with E-state index in [1.807, 2.05) is 38.3 Å². The summed E-state index contributed by atoms with van der Waals surface area (Å²) in [6.07, 6.45) is 3.02. The molecule has 1 atom stereocenters. The third-order valence-corrected chi connectivity index (χ3v) is 4.13. The number of carbonyl (C=O) groups is 1. The summed E-state index contributed by atoms with van der Waals surface area (Å²) >= 11 is 1.44. The van der Waals surface area contributed by atoms with Crippen molar-refractivity contribution in [3.05, 3.63) is 46.5 Å². The minimum Gasteiger partial charge on any atom is -0.472 e. The highest BCUT2D eigenvalue weighted by atomic mass is 32.1. The van der Waals surface area contributed by atoms with Crippen LogP contribution in [-0.4, -0.2) is 17.6 Å². The Hall–Kier alpha value is -1.59. The molecule has 0 aliphatic heterocycles. The summed E-state index contributed by atoms with van der Waals surface area (Å²) < 4.78 is 5.06. The van der Waals surface area contributed by atoms with Crippen LogP contribution in [0.25, 0.3) is 0 Å². The molecule has 2 heterocycles. The van der Waals surface area contributed by atoms with Gasteiger partial charge >= 0.3 is 0 Å². The summed E-state index contributed by atoms with van der Waals surface area (Å²) in [6, 6.07) is 5.43. The van der Waals surface area contributed by atoms with Crippen molar-refractivity contribution < 1.29 is 14.3 Å². The molecule has 2 N–H and O–H groups in total. The average Bonchev–Trinajstić information content (AvgIpc) is 3.05. The first-order valence-electron chi connectivity index (χ1n) is 6.41. The second kappa shape index (κ2) is 5.42. The van der Waals surface area contributed by atoms with E-state index in [1.165, 1.54) is 23.9 Å². The molecule has 0 bridgehead atoms. The number of hydrogen-bond acceptors (Lipinski definition) is 4. The highest BCUT2D eigenvalue weighted by Crippen LogP contribution is 2.32. The molecule has 5 heteroatoms. The van der Waals surface area contributed by atoms with Gasteiger partial charge in [0.15, 0.2) is 0 Å². The predicted molar refractivity (Wildman–Crippen MR) is 78.5 cm³/mol. The van der Waals surface area contributed by atoms with Crippen LogP contribution in [0.1, 0.15) is 31.2 Å². The summed E-state index contributed by atoms with van der Waals surface area (Å²) in [5.41, 5.74) is -1.12. The van der Waals surface area contributed by atoms with Crippen molar-refractivity contribution in [2.45, 2.75) is 26.4 Å². The number of rotatable bonds is 4. The van der Waals surface area contributed by atoms with Gasteiger partial charge in [0.2, 0.25) is 5.91 Å². The van der Waals surface area contributed by atoms with Gasteiger partial charge in [0.1, 0.15) is 5.60 Å². The minimum atomic E-state index is -1.26. The normalized spacial score (nSPS) is 14.8. The topological polar surface area (TPSA) is 62.5 Å². The number of hydrogen-bond donors (Lipinski definition) is 2. The maximum absolute atomic E-state index is 12.0. The van der Waals surface area contributed by atoms with E-state index in [9.17, 15) is 9.90 Å². The largest absolute Gasteiger partial charge is 0.472 e. The number of aliphatic hydroxyl groups is 1. The van der Waals surface area contributed by atoms with Crippen LogP contribution in [-0.2, 0) is 10.4 Å². The van der Waals surface area contributed by atoms with Crippen molar-refractivity contribution in [1.29, 1.82) is 0 Å². The van der Waals surface area contributed by atoms with Crippen molar-refractivity contribution in [3.8, 4) is 0 Å². The van der Waals surface area contributed by atoms with Crippen LogP contribution in [0.3, 0.4) is 0 Å². The molecule has 2 rings (SSSR count). The van der Waals surface area contributed by atoms with Crippen LogP contribution < -0.4 is 5.32 Å². The highest BCUT2D eigenvalue weighted by Gasteiger charge is 2.35. The molecular weight excluding hydrogens is 274 g/mol. The van der Waals surface area contributed by atoms with Gasteiger partial charge in [0.05, 0.1) is 19.1 Å². The molecule has 0 saturated carbocycles. The van der Waals surface area contributed by atoms with E-state index >= 15 is 0 Å². The average molecular weight is 293 g/mol. The maximum Gasteiger partial charge on any atom is 0.225 e. The number of nitrogens with one attached hydrogen (secondary N) is 1. The molecule has 0 saturated heterocycles. The molecule has 1 amide bonds. The fraction of sp³-hybridized carbons (Fsp3) is 0.400. The van der Waals surface area contributed by atoms with E-state index in [-0.39, 0.29) is 12.5 Å². The standard InChI is InChI=1S/C15H19NO3S/c1-14(2,3)13(17)16-10-15(18,11-6-7-19-9-11)12-5-4-8-20-12/h4-9,18H,10H2,1-3H3,(H,16,17)/t15-/m0/s1. The second-order valence-corrected chi connectivity index (χ2v) is 6.73. The van der Waals surface area contributed by atoms with Gasteiger partial charge in [-0.05, 0) is 17.5 Å². The Morgan fingerprint density at radius 3 is 2.65 bits per heavy atom. The van der Waals surface area contributed by atoms with Crippen LogP contribution in [0.5, 0.6) is 0 Å². The Kier molecular flexibility index (Phi) is 4.01. The van der Waals surface area contributed by atoms with E-state index < -0.39 is 11.0 Å². The van der Waals surface area contributed by atoms with Gasteiger partial charge in [-0.1, -0.05) is 26.8 Å². The van der Waals surface area contributed by atoms with E-state index in [2.05, 4.69) is 5.32 Å². The molecule has 2 aromatic heterocycles. The highest BCUT2D eigenvalue weighted by molar-refractivity contribution is 7.10. The fourth-order valence-corrected chi connectivity index (χ4v) is 2.66. The molecule has 0 radical (unpaired) electrons. The monoisotopic (exact) mass is 293 g/mol. The van der Waals surface area contributed by atoms with Crippen LogP contribution in [0.4, 0.5) is 0 Å². The Morgan fingerprint density at radius 2 is 2.15 bits per heavy atom. The molecule has 2 aromatic rings. The van der Waals surface area contributed by atoms with Gasteiger partial charge in [-0.2, -0.15) is 0 Å². The zero-order chi connectivity index (χ0) is 14.8. The number of thiophene rings is 1. The smallest absolute Gasteiger partial charge is 0.225 e. The Labute approximate surface area is 122 Å². The molecular formula is C15H19NO3S. The van der Waals surface area contributed by atoms with Crippen molar-refractivity contribution in [2.24, 2.45) is 5.41 Å². The summed E-state index contributed by atoms with van der Waals surface area (Å²) in [5, 5.41) is 15.7. The van der Waals surface area contributed by atoms with Gasteiger partial charge in [-0.15, -0.1) is 11.3 Å². The lowest BCUT2D eigenvalue weighted by Crippen LogP contribution is -2.44. The van der Waals surface area contributed by atoms with Crippen molar-refractivity contribution in [2.75, 3.05) is 6.54 Å². The molecule has 0 aliphatic rings. The molecule has 0 fully saturated rings. The molecule has 0 unspecified atom stereocenters. The quantitative estimate of drug-likeness (QED) is 0.911. The van der Waals surface area contributed by atoms with Gasteiger partial charge in [-0.25, -0.2) is 0 Å². The van der Waals surface area contributed by atoms with Crippen LogP contribution in [0, 0.1) is 5.41 Å². The first-order chi connectivity index (χ1) is 9.34. The third-order valence-electron chi connectivity index (χ3n) is 3.11. The Bertz CT molecular complexity index is 518.